The zero-order chi connectivity index (χ0) is 15.2. The molecule has 2 nitrogen and oxygen atoms in total. The van der Waals surface area contributed by atoms with E-state index in [9.17, 15) is 4.79 Å². The Kier molecular flexibility index (Phi) is 5.15. The number of benzene rings is 2. The third-order valence-corrected chi connectivity index (χ3v) is 3.76. The molecule has 2 aromatic rings. The third kappa shape index (κ3) is 3.94. The highest BCUT2D eigenvalue weighted by molar-refractivity contribution is 5.94. The summed E-state index contributed by atoms with van der Waals surface area (Å²) in [5, 5.41) is 3.11. The first-order valence-electron chi connectivity index (χ1n) is 7.57. The van der Waals surface area contributed by atoms with Crippen LogP contribution < -0.4 is 5.32 Å². The molecule has 0 aromatic heterocycles. The Bertz CT molecular complexity index is 572. The second-order valence-corrected chi connectivity index (χ2v) is 5.62. The van der Waals surface area contributed by atoms with Gasteiger partial charge in [-0.05, 0) is 35.6 Å². The Morgan fingerprint density at radius 1 is 0.952 bits per heavy atom. The molecular formula is C19H23NO. The van der Waals surface area contributed by atoms with Crippen molar-refractivity contribution in [3.8, 4) is 0 Å². The van der Waals surface area contributed by atoms with E-state index in [1.807, 2.05) is 42.5 Å². The Hall–Kier alpha value is -2.09. The zero-order valence-corrected chi connectivity index (χ0v) is 13.0. The second kappa shape index (κ2) is 7.07. The van der Waals surface area contributed by atoms with E-state index in [2.05, 4.69) is 38.2 Å². The highest BCUT2D eigenvalue weighted by Gasteiger charge is 2.13. The predicted molar refractivity (Wildman–Crippen MR) is 87.5 cm³/mol. The predicted octanol–water partition coefficient (Wildman–Crippen LogP) is 4.69. The van der Waals surface area contributed by atoms with Crippen LogP contribution in [0.25, 0.3) is 0 Å². The van der Waals surface area contributed by atoms with Crippen LogP contribution >= 0.6 is 0 Å². The maximum absolute atomic E-state index is 12.4. The Morgan fingerprint density at radius 2 is 1.57 bits per heavy atom. The molecule has 2 heteroatoms. The average molecular weight is 281 g/mol. The summed E-state index contributed by atoms with van der Waals surface area (Å²) in [5.41, 5.74) is 3.11. The molecule has 0 radical (unpaired) electrons. The van der Waals surface area contributed by atoms with Crippen molar-refractivity contribution in [3.63, 3.8) is 0 Å². The van der Waals surface area contributed by atoms with Gasteiger partial charge in [-0.1, -0.05) is 63.2 Å². The molecular weight excluding hydrogens is 258 g/mol. The Balaban J connectivity index is 2.09. The highest BCUT2D eigenvalue weighted by Crippen LogP contribution is 2.18. The summed E-state index contributed by atoms with van der Waals surface area (Å²) in [6.07, 6.45) is 0.875. The number of hydrogen-bond donors (Lipinski definition) is 1. The first kappa shape index (κ1) is 15.3. The molecule has 2 rings (SSSR count). The SMILES string of the molecule is CC[C@@H](NC(=O)c1ccc(C(C)C)cc1)c1ccccc1. The van der Waals surface area contributed by atoms with Crippen molar-refractivity contribution in [1.29, 1.82) is 0 Å². The molecule has 1 N–H and O–H groups in total. The summed E-state index contributed by atoms with van der Waals surface area (Å²) in [6, 6.07) is 18.0. The van der Waals surface area contributed by atoms with E-state index in [-0.39, 0.29) is 11.9 Å². The number of rotatable bonds is 5. The van der Waals surface area contributed by atoms with Crippen LogP contribution in [0.3, 0.4) is 0 Å². The number of hydrogen-bond acceptors (Lipinski definition) is 1. The summed E-state index contributed by atoms with van der Waals surface area (Å²) in [5.74, 6) is 0.468. The van der Waals surface area contributed by atoms with Gasteiger partial charge in [0.2, 0.25) is 0 Å². The van der Waals surface area contributed by atoms with Gasteiger partial charge in [0.15, 0.2) is 0 Å². The molecule has 0 aliphatic heterocycles. The molecule has 0 aliphatic carbocycles. The van der Waals surface area contributed by atoms with E-state index in [4.69, 9.17) is 0 Å². The molecule has 0 heterocycles. The molecule has 0 aliphatic rings. The summed E-state index contributed by atoms with van der Waals surface area (Å²) in [7, 11) is 0. The van der Waals surface area contributed by atoms with Gasteiger partial charge in [-0.3, -0.25) is 4.79 Å². The van der Waals surface area contributed by atoms with E-state index in [1.165, 1.54) is 5.56 Å². The maximum atomic E-state index is 12.4. The number of amides is 1. The smallest absolute Gasteiger partial charge is 0.251 e. The Labute approximate surface area is 127 Å². The van der Waals surface area contributed by atoms with Crippen LogP contribution in [0.5, 0.6) is 0 Å². The standard InChI is InChI=1S/C19H23NO/c1-4-18(16-8-6-5-7-9-16)20-19(21)17-12-10-15(11-13-17)14(2)3/h5-14,18H,4H2,1-3H3,(H,20,21)/t18-/m1/s1. The topological polar surface area (TPSA) is 29.1 Å². The van der Waals surface area contributed by atoms with Crippen molar-refractivity contribution in [2.24, 2.45) is 0 Å². The minimum Gasteiger partial charge on any atom is -0.345 e. The van der Waals surface area contributed by atoms with Crippen LogP contribution in [0, 0.1) is 0 Å². The second-order valence-electron chi connectivity index (χ2n) is 5.62. The summed E-state index contributed by atoms with van der Waals surface area (Å²) >= 11 is 0. The van der Waals surface area contributed by atoms with Gasteiger partial charge in [0.1, 0.15) is 0 Å². The number of carbonyl (C=O) groups excluding carboxylic acids is 1. The average Bonchev–Trinajstić information content (AvgIpc) is 2.53. The molecule has 1 atom stereocenters. The van der Waals surface area contributed by atoms with Gasteiger partial charge in [0, 0.05) is 5.56 Å². The quantitative estimate of drug-likeness (QED) is 0.846. The molecule has 110 valence electrons. The van der Waals surface area contributed by atoms with E-state index in [0.29, 0.717) is 11.5 Å². The van der Waals surface area contributed by atoms with Crippen LogP contribution in [0.1, 0.15) is 60.6 Å². The van der Waals surface area contributed by atoms with Crippen molar-refractivity contribution < 1.29 is 4.79 Å². The normalized spacial score (nSPS) is 12.2. The molecule has 1 amide bonds. The van der Waals surface area contributed by atoms with Crippen molar-refractivity contribution in [1.82, 2.24) is 5.32 Å². The lowest BCUT2D eigenvalue weighted by atomic mass is 10.0. The van der Waals surface area contributed by atoms with Crippen LogP contribution in [0.4, 0.5) is 0 Å². The van der Waals surface area contributed by atoms with Crippen molar-refractivity contribution in [2.45, 2.75) is 39.2 Å². The minimum absolute atomic E-state index is 0.0130. The molecule has 0 saturated heterocycles. The van der Waals surface area contributed by atoms with Gasteiger partial charge in [0.25, 0.3) is 5.91 Å². The Morgan fingerprint density at radius 3 is 2.10 bits per heavy atom. The van der Waals surface area contributed by atoms with Gasteiger partial charge in [-0.25, -0.2) is 0 Å². The molecule has 2 aromatic carbocycles. The van der Waals surface area contributed by atoms with Crippen molar-refractivity contribution >= 4 is 5.91 Å². The minimum atomic E-state index is -0.0130. The van der Waals surface area contributed by atoms with Gasteiger partial charge in [-0.2, -0.15) is 0 Å². The fraction of sp³-hybridized carbons (Fsp3) is 0.316. The monoisotopic (exact) mass is 281 g/mol. The van der Waals surface area contributed by atoms with Crippen LogP contribution in [-0.2, 0) is 0 Å². The van der Waals surface area contributed by atoms with E-state index in [0.717, 1.165) is 12.0 Å². The molecule has 0 fully saturated rings. The third-order valence-electron chi connectivity index (χ3n) is 3.76. The van der Waals surface area contributed by atoms with Gasteiger partial charge in [0.05, 0.1) is 6.04 Å². The lowest BCUT2D eigenvalue weighted by Crippen LogP contribution is -2.28. The van der Waals surface area contributed by atoms with E-state index < -0.39 is 0 Å². The van der Waals surface area contributed by atoms with Crippen molar-refractivity contribution in [2.75, 3.05) is 0 Å². The largest absolute Gasteiger partial charge is 0.345 e. The van der Waals surface area contributed by atoms with Crippen molar-refractivity contribution in [3.05, 3.63) is 71.3 Å². The van der Waals surface area contributed by atoms with Crippen LogP contribution in [-0.4, -0.2) is 5.91 Å². The molecule has 0 saturated carbocycles. The molecule has 0 bridgehead atoms. The van der Waals surface area contributed by atoms with Gasteiger partial charge >= 0.3 is 0 Å². The molecule has 0 unspecified atom stereocenters. The fourth-order valence-electron chi connectivity index (χ4n) is 2.37. The van der Waals surface area contributed by atoms with Crippen LogP contribution in [0.2, 0.25) is 0 Å². The molecule has 21 heavy (non-hydrogen) atoms. The first-order valence-corrected chi connectivity index (χ1v) is 7.57. The fourth-order valence-corrected chi connectivity index (χ4v) is 2.37. The maximum Gasteiger partial charge on any atom is 0.251 e. The summed E-state index contributed by atoms with van der Waals surface area (Å²) in [6.45, 7) is 6.38. The van der Waals surface area contributed by atoms with Gasteiger partial charge in [-0.15, -0.1) is 0 Å². The highest BCUT2D eigenvalue weighted by atomic mass is 16.1. The number of carbonyl (C=O) groups is 1. The van der Waals surface area contributed by atoms with E-state index in [1.54, 1.807) is 0 Å². The number of nitrogens with one attached hydrogen (secondary N) is 1. The van der Waals surface area contributed by atoms with E-state index >= 15 is 0 Å². The summed E-state index contributed by atoms with van der Waals surface area (Å²) in [4.78, 5) is 12.4. The lowest BCUT2D eigenvalue weighted by molar-refractivity contribution is 0.0935. The summed E-state index contributed by atoms with van der Waals surface area (Å²) < 4.78 is 0. The first-order chi connectivity index (χ1) is 10.1. The lowest BCUT2D eigenvalue weighted by Gasteiger charge is -2.17. The van der Waals surface area contributed by atoms with Gasteiger partial charge < -0.3 is 5.32 Å². The zero-order valence-electron chi connectivity index (χ0n) is 13.0. The van der Waals surface area contributed by atoms with Crippen LogP contribution in [0.15, 0.2) is 54.6 Å². The molecule has 0 spiro atoms.